The molecule has 58 heavy (non-hydrogen) atoms. The first-order valence-electron chi connectivity index (χ1n) is 18.5. The molecular weight excluding hydrogens is 813 g/mol. The molecule has 2 fully saturated rings. The van der Waals surface area contributed by atoms with Crippen LogP contribution >= 0.6 is 23.2 Å². The number of anilines is 1. The van der Waals surface area contributed by atoms with Crippen molar-refractivity contribution in [1.29, 1.82) is 0 Å². The SMILES string of the molecule is CN(C1CC1)S(=O)(=O)Nc1ccc(F)c(C(=O)c2cn(C(=O)c3c(Cl)cccc3Cl)c3ncc(-c4ccc(CN5CCN(C(=O)OC(C)(C)C)CC5)cc4)cc23)c1F. The van der Waals surface area contributed by atoms with Crippen LogP contribution in [-0.2, 0) is 21.5 Å². The summed E-state index contributed by atoms with van der Waals surface area (Å²) in [6.07, 6.45) is 3.58. The summed E-state index contributed by atoms with van der Waals surface area (Å²) in [6.45, 7) is 8.55. The fraction of sp³-hybridized carbons (Fsp3) is 0.317. The fourth-order valence-corrected chi connectivity index (χ4v) is 8.46. The maximum atomic E-state index is 16.1. The zero-order valence-corrected chi connectivity index (χ0v) is 34.4. The number of hydrogen-bond donors (Lipinski definition) is 1. The highest BCUT2D eigenvalue weighted by Gasteiger charge is 2.36. The third-order valence-corrected chi connectivity index (χ3v) is 12.2. The Kier molecular flexibility index (Phi) is 11.4. The number of hydrogen-bond acceptors (Lipinski definition) is 8. The van der Waals surface area contributed by atoms with Crippen LogP contribution in [0.1, 0.15) is 65.5 Å². The average Bonchev–Trinajstić information content (AvgIpc) is 3.95. The van der Waals surface area contributed by atoms with Gasteiger partial charge < -0.3 is 9.64 Å². The second-order valence-electron chi connectivity index (χ2n) is 15.3. The Morgan fingerprint density at radius 1 is 0.931 bits per heavy atom. The summed E-state index contributed by atoms with van der Waals surface area (Å²) in [6, 6.07) is 15.2. The van der Waals surface area contributed by atoms with Crippen molar-refractivity contribution in [3.05, 3.63) is 117 Å². The molecular formula is C41H40Cl2F2N6O6S. The Labute approximate surface area is 344 Å². The van der Waals surface area contributed by atoms with Crippen molar-refractivity contribution in [1.82, 2.24) is 23.7 Å². The number of pyridine rings is 1. The van der Waals surface area contributed by atoms with E-state index in [4.69, 9.17) is 27.9 Å². The number of halogens is 4. The number of nitrogens with zero attached hydrogens (tertiary/aromatic N) is 5. The van der Waals surface area contributed by atoms with Crippen LogP contribution in [0.25, 0.3) is 22.2 Å². The molecule has 17 heteroatoms. The number of amides is 1. The summed E-state index contributed by atoms with van der Waals surface area (Å²) >= 11 is 12.8. The van der Waals surface area contributed by atoms with Crippen molar-refractivity contribution in [3.8, 4) is 11.1 Å². The number of piperazine rings is 1. The Morgan fingerprint density at radius 3 is 2.21 bits per heavy atom. The summed E-state index contributed by atoms with van der Waals surface area (Å²) in [7, 11) is -2.88. The molecule has 1 aliphatic heterocycles. The zero-order chi connectivity index (χ0) is 41.7. The number of ether oxygens (including phenoxy) is 1. The van der Waals surface area contributed by atoms with Crippen molar-refractivity contribution >= 4 is 67.9 Å². The van der Waals surface area contributed by atoms with Crippen LogP contribution in [0, 0.1) is 11.6 Å². The van der Waals surface area contributed by atoms with Crippen molar-refractivity contribution < 1.29 is 36.3 Å². The van der Waals surface area contributed by atoms with Gasteiger partial charge in [0.1, 0.15) is 17.1 Å². The molecule has 0 unspecified atom stereocenters. The number of aromatic nitrogens is 2. The monoisotopic (exact) mass is 852 g/mol. The van der Waals surface area contributed by atoms with E-state index < -0.39 is 50.4 Å². The lowest BCUT2D eigenvalue weighted by atomic mass is 9.99. The van der Waals surface area contributed by atoms with Gasteiger partial charge in [-0.1, -0.05) is 53.5 Å². The van der Waals surface area contributed by atoms with Gasteiger partial charge in [-0.05, 0) is 75.1 Å². The van der Waals surface area contributed by atoms with Gasteiger partial charge in [0.15, 0.2) is 5.82 Å². The number of fused-ring (bicyclic) bond motifs is 1. The van der Waals surface area contributed by atoms with Crippen LogP contribution in [0.5, 0.6) is 0 Å². The predicted octanol–water partition coefficient (Wildman–Crippen LogP) is 8.01. The second kappa shape index (κ2) is 16.0. The topological polar surface area (TPSA) is 134 Å². The lowest BCUT2D eigenvalue weighted by Gasteiger charge is -2.35. The zero-order valence-electron chi connectivity index (χ0n) is 32.1. The summed E-state index contributed by atoms with van der Waals surface area (Å²) in [4.78, 5) is 49.2. The van der Waals surface area contributed by atoms with Crippen LogP contribution < -0.4 is 4.72 Å². The molecule has 1 aliphatic carbocycles. The maximum absolute atomic E-state index is 16.1. The van der Waals surface area contributed by atoms with E-state index in [9.17, 15) is 22.8 Å². The van der Waals surface area contributed by atoms with Gasteiger partial charge in [0.05, 0.1) is 32.4 Å². The van der Waals surface area contributed by atoms with E-state index in [0.29, 0.717) is 56.7 Å². The highest BCUT2D eigenvalue weighted by molar-refractivity contribution is 7.90. The van der Waals surface area contributed by atoms with E-state index >= 15 is 8.78 Å². The molecule has 1 saturated carbocycles. The molecule has 304 valence electrons. The fourth-order valence-electron chi connectivity index (χ4n) is 6.72. The molecule has 2 aliphatic rings. The van der Waals surface area contributed by atoms with E-state index in [1.807, 2.05) is 45.0 Å². The van der Waals surface area contributed by atoms with Gasteiger partial charge in [-0.2, -0.15) is 12.7 Å². The Bertz CT molecular complexity index is 2530. The molecule has 12 nitrogen and oxygen atoms in total. The minimum absolute atomic E-state index is 0.0148. The van der Waals surface area contributed by atoms with Gasteiger partial charge >= 0.3 is 16.3 Å². The maximum Gasteiger partial charge on any atom is 0.410 e. The van der Waals surface area contributed by atoms with E-state index in [2.05, 4.69) is 14.6 Å². The summed E-state index contributed by atoms with van der Waals surface area (Å²) in [5, 5.41) is 0.147. The number of carbonyl (C=O) groups is 3. The molecule has 5 aromatic rings. The molecule has 1 N–H and O–H groups in total. The third kappa shape index (κ3) is 8.59. The standard InChI is InChI=1S/C41H40Cl2F2N6O6S/c1-41(2,3)57-40(54)50-18-16-49(17-19-50)22-24-8-10-25(11-9-24)26-20-28-29(23-51(38(28)46-21-26)39(53)34-30(42)6-5-7-31(34)43)37(52)35-32(44)14-15-33(36(35)45)47-58(55,56)48(4)27-12-13-27/h5-11,14-15,20-21,23,27,47H,12-13,16-19,22H2,1-4H3. The number of nitrogens with one attached hydrogen (secondary N) is 1. The van der Waals surface area contributed by atoms with Crippen molar-refractivity contribution in [3.63, 3.8) is 0 Å². The Morgan fingerprint density at radius 2 is 1.59 bits per heavy atom. The van der Waals surface area contributed by atoms with Gasteiger partial charge in [0.2, 0.25) is 5.78 Å². The molecule has 0 radical (unpaired) electrons. The second-order valence-corrected chi connectivity index (χ2v) is 17.9. The third-order valence-electron chi connectivity index (χ3n) is 10.00. The van der Waals surface area contributed by atoms with E-state index in [1.54, 1.807) is 17.0 Å². The molecule has 3 heterocycles. The Balaban J connectivity index is 1.21. The van der Waals surface area contributed by atoms with Crippen LogP contribution in [0.3, 0.4) is 0 Å². The quantitative estimate of drug-likeness (QED) is 0.140. The molecule has 0 atom stereocenters. The number of ketones is 1. The molecule has 0 spiro atoms. The Hall–Kier alpha value is -4.93. The van der Waals surface area contributed by atoms with Crippen LogP contribution in [0.4, 0.5) is 19.3 Å². The molecule has 0 bridgehead atoms. The highest BCUT2D eigenvalue weighted by Crippen LogP contribution is 2.34. The smallest absolute Gasteiger partial charge is 0.410 e. The molecule has 3 aromatic carbocycles. The normalized spacial score (nSPS) is 15.2. The highest BCUT2D eigenvalue weighted by atomic mass is 35.5. The van der Waals surface area contributed by atoms with E-state index in [-0.39, 0.29) is 44.3 Å². The largest absolute Gasteiger partial charge is 0.444 e. The minimum Gasteiger partial charge on any atom is -0.444 e. The van der Waals surface area contributed by atoms with Gasteiger partial charge in [-0.25, -0.2) is 18.6 Å². The number of rotatable bonds is 10. The average molecular weight is 854 g/mol. The van der Waals surface area contributed by atoms with Crippen molar-refractivity contribution in [2.45, 2.75) is 51.8 Å². The first-order chi connectivity index (χ1) is 27.4. The first-order valence-corrected chi connectivity index (χ1v) is 20.7. The van der Waals surface area contributed by atoms with Gasteiger partial charge in [-0.3, -0.25) is 23.8 Å². The van der Waals surface area contributed by atoms with E-state index in [0.717, 1.165) is 32.8 Å². The molecule has 2 aromatic heterocycles. The lowest BCUT2D eigenvalue weighted by molar-refractivity contribution is 0.0139. The number of benzene rings is 3. The minimum atomic E-state index is -4.23. The molecule has 7 rings (SSSR count). The summed E-state index contributed by atoms with van der Waals surface area (Å²) < 4.78 is 67.3. The summed E-state index contributed by atoms with van der Waals surface area (Å²) in [5.74, 6) is -4.57. The van der Waals surface area contributed by atoms with Crippen molar-refractivity contribution in [2.75, 3.05) is 37.9 Å². The predicted molar refractivity (Wildman–Crippen MR) is 218 cm³/mol. The van der Waals surface area contributed by atoms with Crippen LogP contribution in [0.2, 0.25) is 10.0 Å². The van der Waals surface area contributed by atoms with Crippen molar-refractivity contribution in [2.24, 2.45) is 0 Å². The van der Waals surface area contributed by atoms with Gasteiger partial charge in [0, 0.05) is 69.2 Å². The van der Waals surface area contributed by atoms with E-state index in [1.165, 1.54) is 25.4 Å². The van der Waals surface area contributed by atoms with Crippen LogP contribution in [0.15, 0.2) is 73.1 Å². The first kappa shape index (κ1) is 41.2. The van der Waals surface area contributed by atoms with Gasteiger partial charge in [-0.15, -0.1) is 0 Å². The molecule has 1 amide bonds. The number of carbonyl (C=O) groups excluding carboxylic acids is 3. The lowest BCUT2D eigenvalue weighted by Crippen LogP contribution is -2.49. The molecule has 1 saturated heterocycles. The van der Waals surface area contributed by atoms with Gasteiger partial charge in [0.25, 0.3) is 5.91 Å². The van der Waals surface area contributed by atoms with Crippen LogP contribution in [-0.4, -0.2) is 94.7 Å². The summed E-state index contributed by atoms with van der Waals surface area (Å²) in [5.41, 5.74) is -0.353.